The minimum absolute atomic E-state index is 0.238. The maximum absolute atomic E-state index is 13.5. The van der Waals surface area contributed by atoms with Crippen molar-refractivity contribution in [2.45, 2.75) is 13.5 Å². The molecule has 4 heteroatoms. The van der Waals surface area contributed by atoms with Crippen molar-refractivity contribution in [1.29, 1.82) is 0 Å². The van der Waals surface area contributed by atoms with Gasteiger partial charge in [0.2, 0.25) is 0 Å². The number of methoxy groups -OCH3 is 1. The Labute approximate surface area is 120 Å². The SMILES string of the molecule is COc1ccc(COc2cc(Br)ccc2C)cc1F. The van der Waals surface area contributed by atoms with Crippen LogP contribution in [0.5, 0.6) is 11.5 Å². The smallest absolute Gasteiger partial charge is 0.165 e. The molecule has 0 heterocycles. The molecule has 0 aliphatic heterocycles. The molecular weight excluding hydrogens is 311 g/mol. The lowest BCUT2D eigenvalue weighted by Gasteiger charge is -2.10. The maximum atomic E-state index is 13.5. The van der Waals surface area contributed by atoms with Gasteiger partial charge in [-0.3, -0.25) is 0 Å². The minimum atomic E-state index is -0.380. The van der Waals surface area contributed by atoms with Gasteiger partial charge in [0.05, 0.1) is 7.11 Å². The van der Waals surface area contributed by atoms with E-state index < -0.39 is 0 Å². The molecule has 2 nitrogen and oxygen atoms in total. The summed E-state index contributed by atoms with van der Waals surface area (Å²) >= 11 is 3.40. The highest BCUT2D eigenvalue weighted by Gasteiger charge is 2.05. The average Bonchev–Trinajstić information content (AvgIpc) is 2.40. The van der Waals surface area contributed by atoms with Gasteiger partial charge in [-0.25, -0.2) is 4.39 Å². The van der Waals surface area contributed by atoms with E-state index in [1.165, 1.54) is 13.2 Å². The van der Waals surface area contributed by atoms with Gasteiger partial charge < -0.3 is 9.47 Å². The highest BCUT2D eigenvalue weighted by molar-refractivity contribution is 9.10. The number of hydrogen-bond donors (Lipinski definition) is 0. The molecule has 0 saturated heterocycles. The molecule has 0 spiro atoms. The fourth-order valence-electron chi connectivity index (χ4n) is 1.69. The Morgan fingerprint density at radius 3 is 2.58 bits per heavy atom. The van der Waals surface area contributed by atoms with E-state index in [1.54, 1.807) is 12.1 Å². The normalized spacial score (nSPS) is 10.3. The number of halogens is 2. The van der Waals surface area contributed by atoms with Gasteiger partial charge in [0.15, 0.2) is 11.6 Å². The van der Waals surface area contributed by atoms with Crippen molar-refractivity contribution < 1.29 is 13.9 Å². The summed E-state index contributed by atoms with van der Waals surface area (Å²) < 4.78 is 25.1. The average molecular weight is 325 g/mol. The standard InChI is InChI=1S/C15H14BrFO2/c1-10-3-5-12(16)8-15(10)19-9-11-4-6-14(18-2)13(17)7-11/h3-8H,9H2,1-2H3. The molecule has 0 N–H and O–H groups in total. The van der Waals surface area contributed by atoms with E-state index in [-0.39, 0.29) is 11.6 Å². The molecule has 0 saturated carbocycles. The molecule has 0 aliphatic carbocycles. The third kappa shape index (κ3) is 3.47. The lowest BCUT2D eigenvalue weighted by molar-refractivity contribution is 0.302. The van der Waals surface area contributed by atoms with E-state index in [2.05, 4.69) is 15.9 Å². The Hall–Kier alpha value is -1.55. The summed E-state index contributed by atoms with van der Waals surface area (Å²) in [5.74, 6) is 0.641. The number of benzene rings is 2. The highest BCUT2D eigenvalue weighted by Crippen LogP contribution is 2.24. The fraction of sp³-hybridized carbons (Fsp3) is 0.200. The van der Waals surface area contributed by atoms with Crippen molar-refractivity contribution in [3.8, 4) is 11.5 Å². The van der Waals surface area contributed by atoms with Crippen LogP contribution in [0.25, 0.3) is 0 Å². The molecule has 0 amide bonds. The van der Waals surface area contributed by atoms with Crippen LogP contribution in [-0.2, 0) is 6.61 Å². The van der Waals surface area contributed by atoms with Gasteiger partial charge in [0, 0.05) is 4.47 Å². The van der Waals surface area contributed by atoms with Crippen LogP contribution in [0.1, 0.15) is 11.1 Å². The summed E-state index contributed by atoms with van der Waals surface area (Å²) in [6, 6.07) is 10.6. The van der Waals surface area contributed by atoms with Gasteiger partial charge in [0.25, 0.3) is 0 Å². The number of hydrogen-bond acceptors (Lipinski definition) is 2. The summed E-state index contributed by atoms with van der Waals surface area (Å²) in [5.41, 5.74) is 1.80. The Morgan fingerprint density at radius 1 is 1.11 bits per heavy atom. The summed E-state index contributed by atoms with van der Waals surface area (Å²) in [4.78, 5) is 0. The second-order valence-corrected chi connectivity index (χ2v) is 5.08. The first-order chi connectivity index (χ1) is 9.10. The zero-order valence-corrected chi connectivity index (χ0v) is 12.3. The summed E-state index contributed by atoms with van der Waals surface area (Å²) in [5, 5.41) is 0. The monoisotopic (exact) mass is 324 g/mol. The second kappa shape index (κ2) is 6.06. The predicted octanol–water partition coefficient (Wildman–Crippen LogP) is 4.48. The Balaban J connectivity index is 2.10. The molecule has 2 aromatic carbocycles. The van der Waals surface area contributed by atoms with Crippen LogP contribution in [-0.4, -0.2) is 7.11 Å². The third-order valence-corrected chi connectivity index (χ3v) is 3.25. The van der Waals surface area contributed by atoms with E-state index in [1.807, 2.05) is 25.1 Å². The first kappa shape index (κ1) is 13.9. The molecule has 0 fully saturated rings. The van der Waals surface area contributed by atoms with Crippen molar-refractivity contribution in [2.75, 3.05) is 7.11 Å². The molecule has 19 heavy (non-hydrogen) atoms. The molecule has 0 aromatic heterocycles. The number of ether oxygens (including phenoxy) is 2. The lowest BCUT2D eigenvalue weighted by atomic mass is 10.2. The minimum Gasteiger partial charge on any atom is -0.494 e. The fourth-order valence-corrected chi connectivity index (χ4v) is 2.03. The molecule has 100 valence electrons. The Kier molecular flexibility index (Phi) is 4.43. The molecule has 2 rings (SSSR count). The van der Waals surface area contributed by atoms with E-state index in [0.29, 0.717) is 6.61 Å². The van der Waals surface area contributed by atoms with Crippen molar-refractivity contribution >= 4 is 15.9 Å². The van der Waals surface area contributed by atoms with E-state index >= 15 is 0 Å². The lowest BCUT2D eigenvalue weighted by Crippen LogP contribution is -1.98. The van der Waals surface area contributed by atoms with Crippen molar-refractivity contribution in [3.05, 3.63) is 57.8 Å². The quantitative estimate of drug-likeness (QED) is 0.825. The zero-order valence-electron chi connectivity index (χ0n) is 10.7. The van der Waals surface area contributed by atoms with Crippen LogP contribution in [0.2, 0.25) is 0 Å². The van der Waals surface area contributed by atoms with Crippen molar-refractivity contribution in [3.63, 3.8) is 0 Å². The van der Waals surface area contributed by atoms with E-state index in [4.69, 9.17) is 9.47 Å². The van der Waals surface area contributed by atoms with Gasteiger partial charge in [-0.1, -0.05) is 28.1 Å². The van der Waals surface area contributed by atoms with E-state index in [0.717, 1.165) is 21.3 Å². The molecule has 0 atom stereocenters. The summed E-state index contributed by atoms with van der Waals surface area (Å²) in [7, 11) is 1.44. The second-order valence-electron chi connectivity index (χ2n) is 4.17. The number of rotatable bonds is 4. The molecule has 0 unspecified atom stereocenters. The van der Waals surface area contributed by atoms with Gasteiger partial charge >= 0.3 is 0 Å². The first-order valence-corrected chi connectivity index (χ1v) is 6.61. The van der Waals surface area contributed by atoms with Crippen molar-refractivity contribution in [2.24, 2.45) is 0 Å². The van der Waals surface area contributed by atoms with Gasteiger partial charge in [0.1, 0.15) is 12.4 Å². The number of aryl methyl sites for hydroxylation is 1. The predicted molar refractivity (Wildman–Crippen MR) is 76.2 cm³/mol. The Bertz CT molecular complexity index is 584. The summed E-state index contributed by atoms with van der Waals surface area (Å²) in [6.45, 7) is 2.29. The van der Waals surface area contributed by atoms with E-state index in [9.17, 15) is 4.39 Å². The van der Waals surface area contributed by atoms with Gasteiger partial charge in [-0.2, -0.15) is 0 Å². The van der Waals surface area contributed by atoms with Crippen LogP contribution in [0.4, 0.5) is 4.39 Å². The largest absolute Gasteiger partial charge is 0.494 e. The molecule has 2 aromatic rings. The Morgan fingerprint density at radius 2 is 1.89 bits per heavy atom. The van der Waals surface area contributed by atoms with Gasteiger partial charge in [-0.05, 0) is 42.3 Å². The van der Waals surface area contributed by atoms with Crippen LogP contribution in [0.15, 0.2) is 40.9 Å². The molecule has 0 bridgehead atoms. The zero-order chi connectivity index (χ0) is 13.8. The maximum Gasteiger partial charge on any atom is 0.165 e. The molecule has 0 aliphatic rings. The topological polar surface area (TPSA) is 18.5 Å². The molecular formula is C15H14BrFO2. The summed E-state index contributed by atoms with van der Waals surface area (Å²) in [6.07, 6.45) is 0. The van der Waals surface area contributed by atoms with Crippen molar-refractivity contribution in [1.82, 2.24) is 0 Å². The van der Waals surface area contributed by atoms with Crippen LogP contribution >= 0.6 is 15.9 Å². The first-order valence-electron chi connectivity index (χ1n) is 5.81. The molecule has 0 radical (unpaired) electrons. The van der Waals surface area contributed by atoms with Gasteiger partial charge in [-0.15, -0.1) is 0 Å². The van der Waals surface area contributed by atoms with Crippen LogP contribution < -0.4 is 9.47 Å². The van der Waals surface area contributed by atoms with Crippen LogP contribution in [0, 0.1) is 12.7 Å². The van der Waals surface area contributed by atoms with Crippen LogP contribution in [0.3, 0.4) is 0 Å². The highest BCUT2D eigenvalue weighted by atomic mass is 79.9. The third-order valence-electron chi connectivity index (χ3n) is 2.76.